The van der Waals surface area contributed by atoms with Crippen LogP contribution in [0, 0.1) is 19.7 Å². The van der Waals surface area contributed by atoms with Gasteiger partial charge < -0.3 is 4.90 Å². The van der Waals surface area contributed by atoms with Crippen molar-refractivity contribution in [2.24, 2.45) is 4.99 Å². The Hall–Kier alpha value is -1.94. The van der Waals surface area contributed by atoms with E-state index in [1.165, 1.54) is 6.07 Å². The minimum absolute atomic E-state index is 0.115. The van der Waals surface area contributed by atoms with Crippen molar-refractivity contribution in [2.45, 2.75) is 13.8 Å². The molecule has 1 aromatic carbocycles. The number of pyridine rings is 1. The quantitative estimate of drug-likeness (QED) is 0.742. The van der Waals surface area contributed by atoms with Gasteiger partial charge in [-0.1, -0.05) is 29.8 Å². The molecule has 0 spiro atoms. The monoisotopic (exact) mass is 289 g/mol. The Kier molecular flexibility index (Phi) is 3.18. The van der Waals surface area contributed by atoms with Gasteiger partial charge in [-0.15, -0.1) is 0 Å². The van der Waals surface area contributed by atoms with Crippen molar-refractivity contribution in [3.05, 3.63) is 51.9 Å². The van der Waals surface area contributed by atoms with E-state index < -0.39 is 5.82 Å². The van der Waals surface area contributed by atoms with Crippen LogP contribution in [-0.4, -0.2) is 17.9 Å². The zero-order valence-corrected chi connectivity index (χ0v) is 11.9. The maximum absolute atomic E-state index is 13.5. The van der Waals surface area contributed by atoms with E-state index in [0.717, 1.165) is 16.8 Å². The first kappa shape index (κ1) is 13.1. The number of rotatable bonds is 1. The summed E-state index contributed by atoms with van der Waals surface area (Å²) < 4.78 is 13.5. The van der Waals surface area contributed by atoms with Gasteiger partial charge in [0.1, 0.15) is 12.5 Å². The first-order chi connectivity index (χ1) is 9.58. The lowest BCUT2D eigenvalue weighted by molar-refractivity contribution is 0.621. The van der Waals surface area contributed by atoms with Gasteiger partial charge in [-0.3, -0.25) is 4.99 Å². The van der Waals surface area contributed by atoms with E-state index in [0.29, 0.717) is 18.1 Å². The Bertz CT molecular complexity index is 692. The number of nitrogens with zero attached hydrogens (tertiary/aromatic N) is 3. The van der Waals surface area contributed by atoms with Crippen molar-refractivity contribution in [1.82, 2.24) is 4.98 Å². The van der Waals surface area contributed by atoms with Gasteiger partial charge >= 0.3 is 0 Å². The van der Waals surface area contributed by atoms with Crippen LogP contribution in [0.5, 0.6) is 0 Å². The highest BCUT2D eigenvalue weighted by Gasteiger charge is 2.22. The Morgan fingerprint density at radius 2 is 1.95 bits per heavy atom. The predicted molar refractivity (Wildman–Crippen MR) is 79.7 cm³/mol. The molecular formula is C15H13ClFN3. The van der Waals surface area contributed by atoms with Crippen LogP contribution in [-0.2, 0) is 0 Å². The van der Waals surface area contributed by atoms with Crippen LogP contribution in [0.1, 0.15) is 16.7 Å². The fourth-order valence-electron chi connectivity index (χ4n) is 2.48. The highest BCUT2D eigenvalue weighted by Crippen LogP contribution is 2.34. The molecule has 0 radical (unpaired) electrons. The molecule has 20 heavy (non-hydrogen) atoms. The van der Waals surface area contributed by atoms with Crippen LogP contribution in [0.25, 0.3) is 0 Å². The van der Waals surface area contributed by atoms with Crippen molar-refractivity contribution in [3.63, 3.8) is 0 Å². The maximum Gasteiger partial charge on any atom is 0.167 e. The zero-order chi connectivity index (χ0) is 14.3. The Labute approximate surface area is 121 Å². The summed E-state index contributed by atoms with van der Waals surface area (Å²) in [5, 5.41) is -0.115. The molecule has 0 aliphatic carbocycles. The Morgan fingerprint density at radius 1 is 1.25 bits per heavy atom. The van der Waals surface area contributed by atoms with Crippen LogP contribution in [0.4, 0.5) is 15.9 Å². The van der Waals surface area contributed by atoms with E-state index in [4.69, 9.17) is 11.6 Å². The molecular weight excluding hydrogens is 277 g/mol. The number of aromatic nitrogens is 1. The van der Waals surface area contributed by atoms with E-state index in [9.17, 15) is 4.39 Å². The van der Waals surface area contributed by atoms with E-state index >= 15 is 0 Å². The minimum atomic E-state index is -0.528. The summed E-state index contributed by atoms with van der Waals surface area (Å²) >= 11 is 5.82. The topological polar surface area (TPSA) is 28.5 Å². The smallest absolute Gasteiger partial charge is 0.167 e. The number of para-hydroxylation sites is 1. The molecule has 3 rings (SSSR count). The Morgan fingerprint density at radius 3 is 2.65 bits per heavy atom. The molecule has 2 heterocycles. The third-order valence-electron chi connectivity index (χ3n) is 3.36. The van der Waals surface area contributed by atoms with E-state index in [1.54, 1.807) is 6.21 Å². The first-order valence-electron chi connectivity index (χ1n) is 6.27. The van der Waals surface area contributed by atoms with Gasteiger partial charge in [0.15, 0.2) is 11.0 Å². The van der Waals surface area contributed by atoms with E-state index in [2.05, 4.69) is 9.98 Å². The number of fused-ring (bicyclic) bond motifs is 1. The molecule has 0 saturated carbocycles. The lowest BCUT2D eigenvalue weighted by Crippen LogP contribution is -2.25. The fraction of sp³-hybridized carbons (Fsp3) is 0.200. The highest BCUT2D eigenvalue weighted by molar-refractivity contribution is 6.29. The summed E-state index contributed by atoms with van der Waals surface area (Å²) in [6.45, 7) is 4.52. The molecule has 0 fully saturated rings. The molecule has 0 unspecified atom stereocenters. The van der Waals surface area contributed by atoms with E-state index in [-0.39, 0.29) is 5.15 Å². The fourth-order valence-corrected chi connectivity index (χ4v) is 2.61. The van der Waals surface area contributed by atoms with Crippen LogP contribution in [0.15, 0.2) is 29.3 Å². The second kappa shape index (κ2) is 4.87. The zero-order valence-electron chi connectivity index (χ0n) is 11.2. The standard InChI is InChI=1S/C15H13ClFN3/c1-9-4-3-5-10(2)13(9)20-8-18-7-11-6-12(17)14(16)19-15(11)20/h3-7H,8H2,1-2H3. The number of benzene rings is 1. The summed E-state index contributed by atoms with van der Waals surface area (Å²) in [5.74, 6) is 0.115. The van der Waals surface area contributed by atoms with Gasteiger partial charge in [-0.25, -0.2) is 9.37 Å². The first-order valence-corrected chi connectivity index (χ1v) is 6.65. The van der Waals surface area contributed by atoms with Crippen molar-refractivity contribution < 1.29 is 4.39 Å². The van der Waals surface area contributed by atoms with Crippen LogP contribution in [0.3, 0.4) is 0 Å². The molecule has 0 atom stereocenters. The van der Waals surface area contributed by atoms with Gasteiger partial charge in [-0.2, -0.15) is 0 Å². The molecule has 0 N–H and O–H groups in total. The van der Waals surface area contributed by atoms with Gasteiger partial charge in [0.05, 0.1) is 5.69 Å². The summed E-state index contributed by atoms with van der Waals surface area (Å²) in [6.07, 6.45) is 1.63. The lowest BCUT2D eigenvalue weighted by Gasteiger charge is -2.29. The average molecular weight is 290 g/mol. The second-order valence-electron chi connectivity index (χ2n) is 4.80. The number of anilines is 2. The molecule has 0 amide bonds. The highest BCUT2D eigenvalue weighted by atomic mass is 35.5. The van der Waals surface area contributed by atoms with E-state index in [1.807, 2.05) is 36.9 Å². The molecule has 1 aromatic heterocycles. The van der Waals surface area contributed by atoms with Gasteiger partial charge in [0.2, 0.25) is 0 Å². The number of halogens is 2. The van der Waals surface area contributed by atoms with Gasteiger partial charge in [0, 0.05) is 11.8 Å². The number of hydrogen-bond donors (Lipinski definition) is 0. The number of aliphatic imine (C=N–C) groups is 1. The maximum atomic E-state index is 13.5. The normalized spacial score (nSPS) is 13.5. The predicted octanol–water partition coefficient (Wildman–Crippen LogP) is 4.02. The minimum Gasteiger partial charge on any atom is -0.305 e. The van der Waals surface area contributed by atoms with Crippen molar-refractivity contribution in [3.8, 4) is 0 Å². The summed E-state index contributed by atoms with van der Waals surface area (Å²) in [4.78, 5) is 10.4. The summed E-state index contributed by atoms with van der Waals surface area (Å²) in [6, 6.07) is 7.44. The molecule has 5 heteroatoms. The van der Waals surface area contributed by atoms with Crippen LogP contribution >= 0.6 is 11.6 Å². The van der Waals surface area contributed by atoms with Crippen molar-refractivity contribution >= 4 is 29.3 Å². The molecule has 3 nitrogen and oxygen atoms in total. The third kappa shape index (κ3) is 2.06. The summed E-state index contributed by atoms with van der Waals surface area (Å²) in [7, 11) is 0. The lowest BCUT2D eigenvalue weighted by atomic mass is 10.1. The van der Waals surface area contributed by atoms with Gasteiger partial charge in [-0.05, 0) is 31.0 Å². The summed E-state index contributed by atoms with van der Waals surface area (Å²) in [5.41, 5.74) is 3.92. The largest absolute Gasteiger partial charge is 0.305 e. The molecule has 2 aromatic rings. The van der Waals surface area contributed by atoms with Crippen LogP contribution < -0.4 is 4.90 Å². The SMILES string of the molecule is Cc1cccc(C)c1N1CN=Cc2cc(F)c(Cl)nc21. The third-order valence-corrected chi connectivity index (χ3v) is 3.63. The molecule has 102 valence electrons. The Balaban J connectivity index is 2.20. The number of aryl methyl sites for hydroxylation is 2. The van der Waals surface area contributed by atoms with Crippen molar-refractivity contribution in [2.75, 3.05) is 11.6 Å². The molecule has 1 aliphatic rings. The average Bonchev–Trinajstić information content (AvgIpc) is 2.40. The van der Waals surface area contributed by atoms with Gasteiger partial charge in [0.25, 0.3) is 0 Å². The van der Waals surface area contributed by atoms with Crippen LogP contribution in [0.2, 0.25) is 5.15 Å². The molecule has 0 bridgehead atoms. The molecule has 0 saturated heterocycles. The van der Waals surface area contributed by atoms with Crippen molar-refractivity contribution in [1.29, 1.82) is 0 Å². The number of hydrogen-bond acceptors (Lipinski definition) is 3. The molecule has 1 aliphatic heterocycles. The second-order valence-corrected chi connectivity index (χ2v) is 5.15.